The van der Waals surface area contributed by atoms with Crippen molar-refractivity contribution in [3.8, 4) is 0 Å². The molecule has 1 aromatic carbocycles. The Morgan fingerprint density at radius 1 is 1.19 bits per heavy atom. The van der Waals surface area contributed by atoms with Crippen molar-refractivity contribution in [3.63, 3.8) is 0 Å². The van der Waals surface area contributed by atoms with Gasteiger partial charge in [0.25, 0.3) is 0 Å². The third-order valence-electron chi connectivity index (χ3n) is 2.71. The molecular formula is C13H18N2O. The Morgan fingerprint density at radius 3 is 3.00 bits per heavy atom. The fourth-order valence-corrected chi connectivity index (χ4v) is 1.81. The zero-order valence-corrected chi connectivity index (χ0v) is 9.37. The van der Waals surface area contributed by atoms with Crippen LogP contribution >= 0.6 is 0 Å². The van der Waals surface area contributed by atoms with Gasteiger partial charge in [0.1, 0.15) is 0 Å². The summed E-state index contributed by atoms with van der Waals surface area (Å²) in [5.74, 6) is 0. The number of unbranched alkanes of at least 4 members (excludes halogenated alkanes) is 1. The molecule has 0 fully saturated rings. The van der Waals surface area contributed by atoms with Gasteiger partial charge in [0, 0.05) is 24.9 Å². The molecule has 0 unspecified atom stereocenters. The normalized spacial score (nSPS) is 11.1. The number of rotatable bonds is 6. The summed E-state index contributed by atoms with van der Waals surface area (Å²) in [6, 6.07) is 8.54. The average molecular weight is 218 g/mol. The summed E-state index contributed by atoms with van der Waals surface area (Å²) >= 11 is 0. The Bertz CT molecular complexity index is 436. The Labute approximate surface area is 95.5 Å². The van der Waals surface area contributed by atoms with Gasteiger partial charge in [-0.15, -0.1) is 0 Å². The number of fused-ring (bicyclic) bond motifs is 1. The minimum atomic E-state index is 0.289. The molecule has 0 amide bonds. The Kier molecular flexibility index (Phi) is 3.97. The molecule has 2 rings (SSSR count). The number of aliphatic hydroxyl groups excluding tert-OH is 1. The van der Waals surface area contributed by atoms with E-state index in [0.717, 1.165) is 25.9 Å². The minimum Gasteiger partial charge on any atom is -0.396 e. The highest BCUT2D eigenvalue weighted by Crippen LogP contribution is 2.13. The third-order valence-corrected chi connectivity index (χ3v) is 2.71. The first-order valence-corrected chi connectivity index (χ1v) is 5.78. The number of aliphatic hydroxyl groups is 1. The monoisotopic (exact) mass is 218 g/mol. The molecule has 2 aromatic rings. The lowest BCUT2D eigenvalue weighted by Crippen LogP contribution is -2.14. The van der Waals surface area contributed by atoms with Gasteiger partial charge >= 0.3 is 0 Å². The summed E-state index contributed by atoms with van der Waals surface area (Å²) in [5.41, 5.74) is 2.49. The van der Waals surface area contributed by atoms with Crippen LogP contribution in [0.15, 0.2) is 30.5 Å². The van der Waals surface area contributed by atoms with Crippen molar-refractivity contribution >= 4 is 10.9 Å². The van der Waals surface area contributed by atoms with Crippen molar-refractivity contribution in [1.82, 2.24) is 10.3 Å². The quantitative estimate of drug-likeness (QED) is 0.650. The molecule has 86 valence electrons. The number of benzene rings is 1. The standard InChI is InChI=1S/C13H18N2O/c16-8-2-1-6-14-10-11-3-4-13-12(9-11)5-7-15-13/h3-5,7,9,14-16H,1-2,6,8,10H2. The van der Waals surface area contributed by atoms with E-state index >= 15 is 0 Å². The molecule has 3 N–H and O–H groups in total. The zero-order chi connectivity index (χ0) is 11.2. The maximum atomic E-state index is 8.65. The van der Waals surface area contributed by atoms with Crippen molar-refractivity contribution in [2.24, 2.45) is 0 Å². The highest BCUT2D eigenvalue weighted by atomic mass is 16.2. The smallest absolute Gasteiger partial charge is 0.0454 e. The van der Waals surface area contributed by atoms with Crippen LogP contribution in [0.25, 0.3) is 10.9 Å². The van der Waals surface area contributed by atoms with Crippen LogP contribution in [0.3, 0.4) is 0 Å². The molecule has 0 radical (unpaired) electrons. The van der Waals surface area contributed by atoms with Crippen molar-refractivity contribution in [2.75, 3.05) is 13.2 Å². The van der Waals surface area contributed by atoms with Gasteiger partial charge < -0.3 is 15.4 Å². The van der Waals surface area contributed by atoms with E-state index in [9.17, 15) is 0 Å². The minimum absolute atomic E-state index is 0.289. The van der Waals surface area contributed by atoms with Gasteiger partial charge in [-0.25, -0.2) is 0 Å². The van der Waals surface area contributed by atoms with Gasteiger partial charge in [-0.1, -0.05) is 6.07 Å². The lowest BCUT2D eigenvalue weighted by atomic mass is 10.1. The fourth-order valence-electron chi connectivity index (χ4n) is 1.81. The SMILES string of the molecule is OCCCCNCc1ccc2[nH]ccc2c1. The first kappa shape index (κ1) is 11.2. The van der Waals surface area contributed by atoms with Crippen molar-refractivity contribution in [2.45, 2.75) is 19.4 Å². The summed E-state index contributed by atoms with van der Waals surface area (Å²) in [4.78, 5) is 3.18. The van der Waals surface area contributed by atoms with Gasteiger partial charge in [0.05, 0.1) is 0 Å². The summed E-state index contributed by atoms with van der Waals surface area (Å²) in [7, 11) is 0. The first-order chi connectivity index (χ1) is 7.90. The predicted octanol–water partition coefficient (Wildman–Crippen LogP) is 2.03. The summed E-state index contributed by atoms with van der Waals surface area (Å²) in [6.07, 6.45) is 3.87. The molecule has 16 heavy (non-hydrogen) atoms. The number of aromatic nitrogens is 1. The lowest BCUT2D eigenvalue weighted by Gasteiger charge is -2.04. The van der Waals surface area contributed by atoms with E-state index in [0.29, 0.717) is 0 Å². The molecule has 0 aliphatic carbocycles. The molecule has 3 heteroatoms. The molecule has 0 aliphatic rings. The van der Waals surface area contributed by atoms with Gasteiger partial charge in [-0.05, 0) is 48.5 Å². The highest BCUT2D eigenvalue weighted by Gasteiger charge is 1.96. The van der Waals surface area contributed by atoms with E-state index in [-0.39, 0.29) is 6.61 Å². The molecule has 0 bridgehead atoms. The molecule has 0 aliphatic heterocycles. The van der Waals surface area contributed by atoms with Crippen LogP contribution < -0.4 is 5.32 Å². The van der Waals surface area contributed by atoms with E-state index < -0.39 is 0 Å². The zero-order valence-electron chi connectivity index (χ0n) is 9.37. The second kappa shape index (κ2) is 5.68. The third kappa shape index (κ3) is 2.84. The Morgan fingerprint density at radius 2 is 2.12 bits per heavy atom. The molecule has 0 atom stereocenters. The van der Waals surface area contributed by atoms with Crippen LogP contribution in [0, 0.1) is 0 Å². The van der Waals surface area contributed by atoms with Gasteiger partial charge in [0.2, 0.25) is 0 Å². The average Bonchev–Trinajstić information content (AvgIpc) is 2.76. The second-order valence-electron chi connectivity index (χ2n) is 4.01. The second-order valence-corrected chi connectivity index (χ2v) is 4.01. The Hall–Kier alpha value is -1.32. The fraction of sp³-hybridized carbons (Fsp3) is 0.385. The lowest BCUT2D eigenvalue weighted by molar-refractivity contribution is 0.283. The van der Waals surface area contributed by atoms with Gasteiger partial charge in [-0.3, -0.25) is 0 Å². The summed E-state index contributed by atoms with van der Waals surface area (Å²) < 4.78 is 0. The predicted molar refractivity (Wildman–Crippen MR) is 66.3 cm³/mol. The van der Waals surface area contributed by atoms with Crippen LogP contribution in [-0.2, 0) is 6.54 Å². The van der Waals surface area contributed by atoms with Gasteiger partial charge in [0.15, 0.2) is 0 Å². The van der Waals surface area contributed by atoms with E-state index in [1.54, 1.807) is 0 Å². The first-order valence-electron chi connectivity index (χ1n) is 5.78. The molecule has 1 heterocycles. The van der Waals surface area contributed by atoms with Crippen molar-refractivity contribution in [1.29, 1.82) is 0 Å². The van der Waals surface area contributed by atoms with Crippen molar-refractivity contribution < 1.29 is 5.11 Å². The van der Waals surface area contributed by atoms with Crippen LogP contribution in [0.4, 0.5) is 0 Å². The van der Waals surface area contributed by atoms with E-state index in [2.05, 4.69) is 34.6 Å². The number of nitrogens with one attached hydrogen (secondary N) is 2. The highest BCUT2D eigenvalue weighted by molar-refractivity contribution is 5.79. The van der Waals surface area contributed by atoms with Crippen LogP contribution in [-0.4, -0.2) is 23.2 Å². The summed E-state index contributed by atoms with van der Waals surface area (Å²) in [6.45, 7) is 2.15. The number of aromatic amines is 1. The molecule has 0 saturated carbocycles. The van der Waals surface area contributed by atoms with Crippen LogP contribution in [0.2, 0.25) is 0 Å². The summed E-state index contributed by atoms with van der Waals surface area (Å²) in [5, 5.41) is 13.3. The van der Waals surface area contributed by atoms with Crippen LogP contribution in [0.5, 0.6) is 0 Å². The maximum absolute atomic E-state index is 8.65. The molecular weight excluding hydrogens is 200 g/mol. The maximum Gasteiger partial charge on any atom is 0.0454 e. The molecule has 3 nitrogen and oxygen atoms in total. The van der Waals surface area contributed by atoms with Crippen molar-refractivity contribution in [3.05, 3.63) is 36.0 Å². The van der Waals surface area contributed by atoms with E-state index in [1.165, 1.54) is 16.5 Å². The molecule has 0 spiro atoms. The largest absolute Gasteiger partial charge is 0.396 e. The molecule has 1 aromatic heterocycles. The molecule has 0 saturated heterocycles. The Balaban J connectivity index is 1.84. The van der Waals surface area contributed by atoms with E-state index in [1.807, 2.05) is 6.20 Å². The topological polar surface area (TPSA) is 48.0 Å². The number of H-pyrrole nitrogens is 1. The van der Waals surface area contributed by atoms with Crippen LogP contribution in [0.1, 0.15) is 18.4 Å². The van der Waals surface area contributed by atoms with Gasteiger partial charge in [-0.2, -0.15) is 0 Å². The van der Waals surface area contributed by atoms with E-state index in [4.69, 9.17) is 5.11 Å². The number of hydrogen-bond donors (Lipinski definition) is 3. The number of hydrogen-bond acceptors (Lipinski definition) is 2.